The molecule has 4 nitrogen and oxygen atoms in total. The van der Waals surface area contributed by atoms with Crippen molar-refractivity contribution in [3.8, 4) is 11.5 Å². The van der Waals surface area contributed by atoms with Crippen LogP contribution in [0.2, 0.25) is 0 Å². The van der Waals surface area contributed by atoms with Gasteiger partial charge in [0.25, 0.3) is 5.91 Å². The minimum Gasteiger partial charge on any atom is -0.497 e. The Bertz CT molecular complexity index is 653. The molecule has 0 aliphatic heterocycles. The maximum absolute atomic E-state index is 12.0. The highest BCUT2D eigenvalue weighted by Crippen LogP contribution is 2.18. The van der Waals surface area contributed by atoms with E-state index in [1.165, 1.54) is 5.56 Å². The Labute approximate surface area is 131 Å². The molecule has 0 unspecified atom stereocenters. The van der Waals surface area contributed by atoms with E-state index in [4.69, 9.17) is 9.47 Å². The molecule has 2 aromatic carbocycles. The van der Waals surface area contributed by atoms with E-state index in [0.717, 1.165) is 17.1 Å². The fourth-order valence-corrected chi connectivity index (χ4v) is 2.01. The summed E-state index contributed by atoms with van der Waals surface area (Å²) in [6.07, 6.45) is 0. The van der Waals surface area contributed by atoms with Gasteiger partial charge in [0.15, 0.2) is 0 Å². The predicted molar refractivity (Wildman–Crippen MR) is 86.7 cm³/mol. The molecule has 0 aliphatic carbocycles. The number of methoxy groups -OCH3 is 1. The molecule has 0 heterocycles. The smallest absolute Gasteiger partial charge is 0.251 e. The van der Waals surface area contributed by atoms with Crippen molar-refractivity contribution in [2.75, 3.05) is 20.3 Å². The molecular weight excluding hydrogens is 278 g/mol. The van der Waals surface area contributed by atoms with E-state index in [2.05, 4.69) is 5.32 Å². The molecule has 0 radical (unpaired) electrons. The topological polar surface area (TPSA) is 47.6 Å². The Balaban J connectivity index is 1.80. The van der Waals surface area contributed by atoms with Gasteiger partial charge >= 0.3 is 0 Å². The number of carbonyl (C=O) groups is 1. The SMILES string of the molecule is COc1cccc(OCCNC(=O)c2ccc(C)c(C)c2)c1. The zero-order valence-corrected chi connectivity index (χ0v) is 13.2. The predicted octanol–water partition coefficient (Wildman–Crippen LogP) is 3.12. The number of hydrogen-bond acceptors (Lipinski definition) is 3. The Morgan fingerprint density at radius 3 is 2.55 bits per heavy atom. The Hall–Kier alpha value is -2.49. The zero-order valence-electron chi connectivity index (χ0n) is 13.2. The van der Waals surface area contributed by atoms with E-state index >= 15 is 0 Å². The number of carbonyl (C=O) groups excluding carboxylic acids is 1. The van der Waals surface area contributed by atoms with Gasteiger partial charge in [-0.1, -0.05) is 12.1 Å². The maximum Gasteiger partial charge on any atom is 0.251 e. The second kappa shape index (κ2) is 7.50. The highest BCUT2D eigenvalue weighted by Gasteiger charge is 2.06. The van der Waals surface area contributed by atoms with Gasteiger partial charge in [-0.05, 0) is 49.2 Å². The summed E-state index contributed by atoms with van der Waals surface area (Å²) in [6.45, 7) is 4.88. The highest BCUT2D eigenvalue weighted by molar-refractivity contribution is 5.94. The first-order valence-electron chi connectivity index (χ1n) is 7.22. The van der Waals surface area contributed by atoms with E-state index in [9.17, 15) is 4.79 Å². The average molecular weight is 299 g/mol. The number of aryl methyl sites for hydroxylation is 2. The van der Waals surface area contributed by atoms with Gasteiger partial charge in [0.1, 0.15) is 18.1 Å². The van der Waals surface area contributed by atoms with Crippen molar-refractivity contribution in [2.45, 2.75) is 13.8 Å². The second-order valence-corrected chi connectivity index (χ2v) is 5.08. The van der Waals surface area contributed by atoms with Gasteiger partial charge in [-0.3, -0.25) is 4.79 Å². The molecule has 1 N–H and O–H groups in total. The normalized spacial score (nSPS) is 10.1. The van der Waals surface area contributed by atoms with Crippen molar-refractivity contribution in [2.24, 2.45) is 0 Å². The van der Waals surface area contributed by atoms with Gasteiger partial charge in [-0.15, -0.1) is 0 Å². The lowest BCUT2D eigenvalue weighted by molar-refractivity contribution is 0.0947. The third kappa shape index (κ3) is 4.25. The summed E-state index contributed by atoms with van der Waals surface area (Å²) in [7, 11) is 1.61. The van der Waals surface area contributed by atoms with Gasteiger partial charge in [0.05, 0.1) is 13.7 Å². The molecule has 0 aliphatic rings. The van der Waals surface area contributed by atoms with Crippen LogP contribution in [0.15, 0.2) is 42.5 Å². The lowest BCUT2D eigenvalue weighted by Crippen LogP contribution is -2.28. The van der Waals surface area contributed by atoms with Crippen LogP contribution in [0, 0.1) is 13.8 Å². The van der Waals surface area contributed by atoms with Crippen molar-refractivity contribution < 1.29 is 14.3 Å². The summed E-state index contributed by atoms with van der Waals surface area (Å²) in [6, 6.07) is 13.1. The van der Waals surface area contributed by atoms with Crippen LogP contribution in [0.5, 0.6) is 11.5 Å². The molecule has 22 heavy (non-hydrogen) atoms. The molecule has 0 fully saturated rings. The van der Waals surface area contributed by atoms with Crippen molar-refractivity contribution >= 4 is 5.91 Å². The van der Waals surface area contributed by atoms with E-state index in [1.807, 2.05) is 56.3 Å². The molecule has 2 aromatic rings. The Morgan fingerprint density at radius 2 is 1.82 bits per heavy atom. The maximum atomic E-state index is 12.0. The Morgan fingerprint density at radius 1 is 1.05 bits per heavy atom. The fraction of sp³-hybridized carbons (Fsp3) is 0.278. The van der Waals surface area contributed by atoms with Crippen molar-refractivity contribution in [3.63, 3.8) is 0 Å². The van der Waals surface area contributed by atoms with Crippen molar-refractivity contribution in [1.29, 1.82) is 0 Å². The molecule has 4 heteroatoms. The first kappa shape index (κ1) is 15.9. The minimum absolute atomic E-state index is 0.0858. The third-order valence-corrected chi connectivity index (χ3v) is 3.47. The lowest BCUT2D eigenvalue weighted by Gasteiger charge is -2.09. The number of amides is 1. The molecule has 116 valence electrons. The van der Waals surface area contributed by atoms with Gasteiger partial charge in [-0.2, -0.15) is 0 Å². The zero-order chi connectivity index (χ0) is 15.9. The molecule has 0 saturated heterocycles. The molecule has 1 amide bonds. The van der Waals surface area contributed by atoms with Crippen LogP contribution < -0.4 is 14.8 Å². The molecular formula is C18H21NO3. The first-order chi connectivity index (χ1) is 10.6. The summed E-state index contributed by atoms with van der Waals surface area (Å²) in [5, 5.41) is 2.85. The van der Waals surface area contributed by atoms with Gasteiger partial charge in [0, 0.05) is 11.6 Å². The highest BCUT2D eigenvalue weighted by atomic mass is 16.5. The van der Waals surface area contributed by atoms with Crippen LogP contribution >= 0.6 is 0 Å². The van der Waals surface area contributed by atoms with Crippen LogP contribution in [-0.2, 0) is 0 Å². The van der Waals surface area contributed by atoms with Crippen molar-refractivity contribution in [1.82, 2.24) is 5.32 Å². The fourth-order valence-electron chi connectivity index (χ4n) is 2.01. The van der Waals surface area contributed by atoms with E-state index in [-0.39, 0.29) is 5.91 Å². The summed E-state index contributed by atoms with van der Waals surface area (Å²) in [5.41, 5.74) is 2.96. The van der Waals surface area contributed by atoms with Gasteiger partial charge < -0.3 is 14.8 Å². The summed E-state index contributed by atoms with van der Waals surface area (Å²) < 4.78 is 10.7. The summed E-state index contributed by atoms with van der Waals surface area (Å²) in [5.74, 6) is 1.38. The monoisotopic (exact) mass is 299 g/mol. The largest absolute Gasteiger partial charge is 0.497 e. The number of nitrogens with one attached hydrogen (secondary N) is 1. The Kier molecular flexibility index (Phi) is 5.42. The summed E-state index contributed by atoms with van der Waals surface area (Å²) in [4.78, 5) is 12.0. The number of rotatable bonds is 6. The molecule has 0 aromatic heterocycles. The van der Waals surface area contributed by atoms with Crippen LogP contribution in [0.1, 0.15) is 21.5 Å². The second-order valence-electron chi connectivity index (χ2n) is 5.08. The molecule has 2 rings (SSSR count). The van der Waals surface area contributed by atoms with Crippen molar-refractivity contribution in [3.05, 3.63) is 59.2 Å². The van der Waals surface area contributed by atoms with Crippen LogP contribution in [0.4, 0.5) is 0 Å². The van der Waals surface area contributed by atoms with Crippen LogP contribution in [0.3, 0.4) is 0 Å². The quantitative estimate of drug-likeness (QED) is 0.834. The first-order valence-corrected chi connectivity index (χ1v) is 7.22. The number of benzene rings is 2. The standard InChI is InChI=1S/C18H21NO3/c1-13-7-8-15(11-14(13)2)18(20)19-9-10-22-17-6-4-5-16(12-17)21-3/h4-8,11-12H,9-10H2,1-3H3,(H,19,20). The average Bonchev–Trinajstić information content (AvgIpc) is 2.54. The number of hydrogen-bond donors (Lipinski definition) is 1. The lowest BCUT2D eigenvalue weighted by atomic mass is 10.1. The molecule has 0 atom stereocenters. The van der Waals surface area contributed by atoms with E-state index in [1.54, 1.807) is 7.11 Å². The molecule has 0 spiro atoms. The van der Waals surface area contributed by atoms with Crippen LogP contribution in [0.25, 0.3) is 0 Å². The molecule has 0 bridgehead atoms. The third-order valence-electron chi connectivity index (χ3n) is 3.47. The molecule has 0 saturated carbocycles. The van der Waals surface area contributed by atoms with Gasteiger partial charge in [-0.25, -0.2) is 0 Å². The van der Waals surface area contributed by atoms with Crippen LogP contribution in [-0.4, -0.2) is 26.2 Å². The van der Waals surface area contributed by atoms with E-state index < -0.39 is 0 Å². The minimum atomic E-state index is -0.0858. The van der Waals surface area contributed by atoms with Gasteiger partial charge in [0.2, 0.25) is 0 Å². The van der Waals surface area contributed by atoms with E-state index in [0.29, 0.717) is 18.7 Å². The summed E-state index contributed by atoms with van der Waals surface area (Å²) >= 11 is 0. The number of ether oxygens (including phenoxy) is 2.